The van der Waals surface area contributed by atoms with E-state index in [1.165, 1.54) is 0 Å². The molecule has 0 aliphatic carbocycles. The molecule has 3 N–H and O–H groups in total. The molecule has 0 saturated heterocycles. The van der Waals surface area contributed by atoms with Crippen LogP contribution in [0.3, 0.4) is 0 Å². The summed E-state index contributed by atoms with van der Waals surface area (Å²) < 4.78 is 0. The Bertz CT molecular complexity index is 93.3. The fraction of sp³-hybridized carbons (Fsp3) is 1.00. The molecule has 2 atom stereocenters. The second-order valence-electron chi connectivity index (χ2n) is 3.47. The van der Waals surface area contributed by atoms with E-state index in [0.717, 1.165) is 6.54 Å². The van der Waals surface area contributed by atoms with E-state index < -0.39 is 0 Å². The van der Waals surface area contributed by atoms with Crippen LogP contribution < -0.4 is 11.1 Å². The van der Waals surface area contributed by atoms with E-state index in [2.05, 4.69) is 38.2 Å². The number of nitrogens with one attached hydrogen (secondary N) is 1. The summed E-state index contributed by atoms with van der Waals surface area (Å²) in [6, 6.07) is 0.938. The highest BCUT2D eigenvalue weighted by molar-refractivity contribution is 4.69. The van der Waals surface area contributed by atoms with Gasteiger partial charge in [0.05, 0.1) is 0 Å². The highest BCUT2D eigenvalue weighted by Gasteiger charge is 2.05. The normalized spacial score (nSPS) is 16.9. The first-order chi connectivity index (χ1) is 5.06. The molecule has 0 amide bonds. The van der Waals surface area contributed by atoms with Crippen LogP contribution in [0.2, 0.25) is 0 Å². The largest absolute Gasteiger partial charge is 0.329 e. The average Bonchev–Trinajstić information content (AvgIpc) is 1.85. The fourth-order valence-corrected chi connectivity index (χ4v) is 1.15. The molecule has 0 aromatic carbocycles. The third-order valence-electron chi connectivity index (χ3n) is 1.56. The van der Waals surface area contributed by atoms with Gasteiger partial charge in [-0.1, -0.05) is 0 Å². The Morgan fingerprint density at radius 2 is 1.82 bits per heavy atom. The Morgan fingerprint density at radius 3 is 2.18 bits per heavy atom. The molecule has 3 nitrogen and oxygen atoms in total. The van der Waals surface area contributed by atoms with E-state index in [1.807, 2.05) is 0 Å². The molecule has 0 radical (unpaired) electrons. The summed E-state index contributed by atoms with van der Waals surface area (Å²) in [5, 5.41) is 3.39. The van der Waals surface area contributed by atoms with Crippen molar-refractivity contribution in [2.24, 2.45) is 5.73 Å². The van der Waals surface area contributed by atoms with Crippen molar-refractivity contribution >= 4 is 0 Å². The lowest BCUT2D eigenvalue weighted by Crippen LogP contribution is -2.43. The minimum Gasteiger partial charge on any atom is -0.329 e. The first-order valence-electron chi connectivity index (χ1n) is 4.17. The maximum Gasteiger partial charge on any atom is 0.0169 e. The standard InChI is InChI=1S/C8H21N3/c1-7(5-9)10-8(2)6-11(3)4/h7-8,10H,5-6,9H2,1-4H3. The second-order valence-corrected chi connectivity index (χ2v) is 3.47. The topological polar surface area (TPSA) is 41.3 Å². The van der Waals surface area contributed by atoms with Gasteiger partial charge in [0.25, 0.3) is 0 Å². The molecule has 0 spiro atoms. The molecule has 0 heterocycles. The van der Waals surface area contributed by atoms with Crippen molar-refractivity contribution in [3.63, 3.8) is 0 Å². The van der Waals surface area contributed by atoms with Gasteiger partial charge in [-0.25, -0.2) is 0 Å². The highest BCUT2D eigenvalue weighted by atomic mass is 15.1. The predicted octanol–water partition coefficient (Wildman–Crippen LogP) is -0.127. The summed E-state index contributed by atoms with van der Waals surface area (Å²) in [6.07, 6.45) is 0. The Morgan fingerprint density at radius 1 is 1.27 bits per heavy atom. The molecule has 0 aliphatic heterocycles. The van der Waals surface area contributed by atoms with Gasteiger partial charge in [0.1, 0.15) is 0 Å². The number of nitrogens with zero attached hydrogens (tertiary/aromatic N) is 1. The minimum atomic E-state index is 0.421. The van der Waals surface area contributed by atoms with Crippen LogP contribution in [0.5, 0.6) is 0 Å². The SMILES string of the molecule is CC(CN)NC(C)CN(C)C. The number of likely N-dealkylation sites (N-methyl/N-ethyl adjacent to an activating group) is 1. The maximum absolute atomic E-state index is 5.48. The first kappa shape index (κ1) is 10.9. The third kappa shape index (κ3) is 6.28. The van der Waals surface area contributed by atoms with Gasteiger partial charge < -0.3 is 16.0 Å². The molecule has 11 heavy (non-hydrogen) atoms. The molecular weight excluding hydrogens is 138 g/mol. The van der Waals surface area contributed by atoms with E-state index in [-0.39, 0.29) is 0 Å². The maximum atomic E-state index is 5.48. The van der Waals surface area contributed by atoms with Crippen molar-refractivity contribution in [2.75, 3.05) is 27.2 Å². The fourth-order valence-electron chi connectivity index (χ4n) is 1.15. The summed E-state index contributed by atoms with van der Waals surface area (Å²) in [6.45, 7) is 6.04. The van der Waals surface area contributed by atoms with Crippen LogP contribution in [0.25, 0.3) is 0 Å². The lowest BCUT2D eigenvalue weighted by atomic mass is 10.2. The van der Waals surface area contributed by atoms with Gasteiger partial charge in [0.15, 0.2) is 0 Å². The van der Waals surface area contributed by atoms with Crippen LogP contribution in [-0.4, -0.2) is 44.2 Å². The average molecular weight is 159 g/mol. The van der Waals surface area contributed by atoms with Crippen LogP contribution in [-0.2, 0) is 0 Å². The molecule has 0 aromatic heterocycles. The van der Waals surface area contributed by atoms with E-state index in [4.69, 9.17) is 5.73 Å². The quantitative estimate of drug-likeness (QED) is 0.587. The lowest BCUT2D eigenvalue weighted by molar-refractivity contribution is 0.334. The monoisotopic (exact) mass is 159 g/mol. The van der Waals surface area contributed by atoms with E-state index in [9.17, 15) is 0 Å². The van der Waals surface area contributed by atoms with Crippen LogP contribution in [0, 0.1) is 0 Å². The van der Waals surface area contributed by atoms with Crippen LogP contribution in [0.1, 0.15) is 13.8 Å². The van der Waals surface area contributed by atoms with Crippen molar-refractivity contribution in [3.05, 3.63) is 0 Å². The van der Waals surface area contributed by atoms with Crippen LogP contribution in [0.15, 0.2) is 0 Å². The second kappa shape index (κ2) is 5.52. The smallest absolute Gasteiger partial charge is 0.0169 e. The molecule has 68 valence electrons. The van der Waals surface area contributed by atoms with Gasteiger partial charge in [0, 0.05) is 25.2 Å². The summed E-state index contributed by atoms with van der Waals surface area (Å²) in [7, 11) is 4.15. The molecule has 0 aromatic rings. The zero-order valence-electron chi connectivity index (χ0n) is 8.09. The zero-order valence-corrected chi connectivity index (χ0v) is 8.09. The molecule has 0 rings (SSSR count). The Hall–Kier alpha value is -0.120. The van der Waals surface area contributed by atoms with Gasteiger partial charge in [-0.05, 0) is 27.9 Å². The van der Waals surface area contributed by atoms with Gasteiger partial charge in [-0.3, -0.25) is 0 Å². The summed E-state index contributed by atoms with van der Waals surface area (Å²) >= 11 is 0. The lowest BCUT2D eigenvalue weighted by Gasteiger charge is -2.21. The summed E-state index contributed by atoms with van der Waals surface area (Å²) in [5.74, 6) is 0. The minimum absolute atomic E-state index is 0.421. The van der Waals surface area contributed by atoms with Gasteiger partial charge >= 0.3 is 0 Å². The number of nitrogens with two attached hydrogens (primary N) is 1. The van der Waals surface area contributed by atoms with Gasteiger partial charge in [-0.15, -0.1) is 0 Å². The number of hydrogen-bond donors (Lipinski definition) is 2. The van der Waals surface area contributed by atoms with Crippen molar-refractivity contribution in [1.82, 2.24) is 10.2 Å². The highest BCUT2D eigenvalue weighted by Crippen LogP contribution is 1.87. The van der Waals surface area contributed by atoms with Gasteiger partial charge in [0.2, 0.25) is 0 Å². The van der Waals surface area contributed by atoms with E-state index >= 15 is 0 Å². The predicted molar refractivity (Wildman–Crippen MR) is 49.7 cm³/mol. The number of rotatable bonds is 5. The van der Waals surface area contributed by atoms with Crippen molar-refractivity contribution in [1.29, 1.82) is 0 Å². The van der Waals surface area contributed by atoms with E-state index in [0.29, 0.717) is 18.6 Å². The molecule has 0 aliphatic rings. The molecule has 0 saturated carbocycles. The molecule has 3 heteroatoms. The van der Waals surface area contributed by atoms with Crippen molar-refractivity contribution < 1.29 is 0 Å². The summed E-state index contributed by atoms with van der Waals surface area (Å²) in [5.41, 5.74) is 5.48. The van der Waals surface area contributed by atoms with E-state index in [1.54, 1.807) is 0 Å². The zero-order chi connectivity index (χ0) is 8.85. The Labute approximate surface area is 69.9 Å². The molecular formula is C8H21N3. The Balaban J connectivity index is 3.43. The Kier molecular flexibility index (Phi) is 5.46. The molecule has 0 fully saturated rings. The summed E-state index contributed by atoms with van der Waals surface area (Å²) in [4.78, 5) is 2.17. The van der Waals surface area contributed by atoms with Crippen LogP contribution in [0.4, 0.5) is 0 Å². The first-order valence-corrected chi connectivity index (χ1v) is 4.17. The van der Waals surface area contributed by atoms with Crippen molar-refractivity contribution in [3.8, 4) is 0 Å². The third-order valence-corrected chi connectivity index (χ3v) is 1.56. The van der Waals surface area contributed by atoms with Crippen molar-refractivity contribution in [2.45, 2.75) is 25.9 Å². The number of hydrogen-bond acceptors (Lipinski definition) is 3. The van der Waals surface area contributed by atoms with Crippen LogP contribution >= 0.6 is 0 Å². The molecule has 0 bridgehead atoms. The van der Waals surface area contributed by atoms with Gasteiger partial charge in [-0.2, -0.15) is 0 Å². The molecule has 2 unspecified atom stereocenters.